The van der Waals surface area contributed by atoms with Crippen molar-refractivity contribution >= 4 is 34.9 Å². The first-order valence-corrected chi connectivity index (χ1v) is 10.1. The molecular weight excluding hydrogens is 428 g/mol. The maximum atomic E-state index is 12.8. The quantitative estimate of drug-likeness (QED) is 0.436. The molecule has 0 bridgehead atoms. The molecule has 4 rings (SSSR count). The van der Waals surface area contributed by atoms with Gasteiger partial charge in [0.2, 0.25) is 5.78 Å². The summed E-state index contributed by atoms with van der Waals surface area (Å²) in [6.07, 6.45) is 0.301. The van der Waals surface area contributed by atoms with Gasteiger partial charge in [-0.3, -0.25) is 14.4 Å². The fourth-order valence-corrected chi connectivity index (χ4v) is 3.23. The van der Waals surface area contributed by atoms with Gasteiger partial charge < -0.3 is 24.5 Å². The lowest BCUT2D eigenvalue weighted by atomic mass is 10.1. The van der Waals surface area contributed by atoms with Crippen LogP contribution in [0.1, 0.15) is 43.8 Å². The van der Waals surface area contributed by atoms with Crippen molar-refractivity contribution in [3.63, 3.8) is 0 Å². The number of ether oxygens (including phenoxy) is 2. The number of carbonyl (C=O) groups excluding carboxylic acids is 4. The Morgan fingerprint density at radius 2 is 1.88 bits per heavy atom. The van der Waals surface area contributed by atoms with Crippen LogP contribution >= 0.6 is 0 Å². The lowest BCUT2D eigenvalue weighted by Gasteiger charge is -2.19. The van der Waals surface area contributed by atoms with Crippen molar-refractivity contribution in [2.24, 2.45) is 0 Å². The van der Waals surface area contributed by atoms with Gasteiger partial charge in [-0.2, -0.15) is 0 Å². The monoisotopic (exact) mass is 448 g/mol. The molecule has 3 aromatic rings. The Bertz CT molecular complexity index is 1250. The van der Waals surface area contributed by atoms with Gasteiger partial charge in [0.1, 0.15) is 5.75 Å². The highest BCUT2D eigenvalue weighted by molar-refractivity contribution is 6.05. The summed E-state index contributed by atoms with van der Waals surface area (Å²) in [6, 6.07) is 12.4. The van der Waals surface area contributed by atoms with Crippen LogP contribution in [0, 0.1) is 6.92 Å². The maximum absolute atomic E-state index is 12.8. The minimum Gasteiger partial charge on any atom is -0.482 e. The van der Waals surface area contributed by atoms with Crippen molar-refractivity contribution in [1.29, 1.82) is 0 Å². The van der Waals surface area contributed by atoms with E-state index in [9.17, 15) is 19.2 Å². The van der Waals surface area contributed by atoms with E-state index in [1.807, 2.05) is 0 Å². The van der Waals surface area contributed by atoms with Crippen LogP contribution in [-0.2, 0) is 9.53 Å². The van der Waals surface area contributed by atoms with Crippen LogP contribution in [-0.4, -0.2) is 36.3 Å². The number of furan rings is 1. The number of rotatable bonds is 6. The van der Waals surface area contributed by atoms with Gasteiger partial charge >= 0.3 is 5.97 Å². The van der Waals surface area contributed by atoms with E-state index in [1.54, 1.807) is 31.2 Å². The van der Waals surface area contributed by atoms with Gasteiger partial charge in [-0.15, -0.1) is 0 Å². The van der Waals surface area contributed by atoms with E-state index in [0.29, 0.717) is 17.1 Å². The molecule has 9 heteroatoms. The molecule has 0 radical (unpaired) electrons. The number of fused-ring (bicyclic) bond motifs is 1. The predicted molar refractivity (Wildman–Crippen MR) is 118 cm³/mol. The first-order chi connectivity index (χ1) is 15.8. The second kappa shape index (κ2) is 8.99. The topological polar surface area (TPSA) is 124 Å². The number of ketones is 1. The predicted octanol–water partition coefficient (Wildman–Crippen LogP) is 3.60. The zero-order valence-electron chi connectivity index (χ0n) is 17.8. The van der Waals surface area contributed by atoms with Crippen LogP contribution in [0.2, 0.25) is 0 Å². The molecule has 1 aromatic heterocycles. The molecule has 0 saturated carbocycles. The number of aryl methyl sites for hydroxylation is 1. The van der Waals surface area contributed by atoms with Crippen molar-refractivity contribution in [3.05, 3.63) is 77.2 Å². The summed E-state index contributed by atoms with van der Waals surface area (Å²) in [5.74, 6) is -1.35. The Morgan fingerprint density at radius 3 is 2.64 bits per heavy atom. The van der Waals surface area contributed by atoms with E-state index in [0.717, 1.165) is 5.56 Å². The molecule has 1 aliphatic heterocycles. The zero-order chi connectivity index (χ0) is 23.5. The molecule has 2 amide bonds. The third-order valence-corrected chi connectivity index (χ3v) is 5.02. The number of Topliss-reactive ketones (excluding diaryl/α,β-unsaturated/α-hetero) is 1. The number of esters is 1. The molecule has 0 aliphatic carbocycles. The Labute approximate surface area is 188 Å². The van der Waals surface area contributed by atoms with Gasteiger partial charge in [0.25, 0.3) is 11.8 Å². The lowest BCUT2D eigenvalue weighted by molar-refractivity contribution is -0.118. The van der Waals surface area contributed by atoms with Gasteiger partial charge in [-0.05, 0) is 61.9 Å². The highest BCUT2D eigenvalue weighted by Gasteiger charge is 2.24. The molecule has 1 atom stereocenters. The molecule has 2 N–H and O–H groups in total. The smallest absolute Gasteiger partial charge is 0.338 e. The van der Waals surface area contributed by atoms with Crippen LogP contribution in [0.25, 0.3) is 0 Å². The Kier molecular flexibility index (Phi) is 5.95. The van der Waals surface area contributed by atoms with E-state index in [2.05, 4.69) is 10.6 Å². The van der Waals surface area contributed by atoms with Crippen molar-refractivity contribution in [2.75, 3.05) is 17.2 Å². The summed E-state index contributed by atoms with van der Waals surface area (Å²) >= 11 is 0. The van der Waals surface area contributed by atoms with Crippen LogP contribution in [0.4, 0.5) is 11.4 Å². The van der Waals surface area contributed by atoms with Gasteiger partial charge in [0, 0.05) is 11.3 Å². The van der Waals surface area contributed by atoms with E-state index in [1.165, 1.54) is 37.5 Å². The molecule has 0 saturated heterocycles. The third kappa shape index (κ3) is 4.77. The minimum atomic E-state index is -1.08. The summed E-state index contributed by atoms with van der Waals surface area (Å²) in [5.41, 5.74) is 1.95. The summed E-state index contributed by atoms with van der Waals surface area (Å²) in [6.45, 7) is 3.15. The normalized spacial score (nSPS) is 13.2. The zero-order valence-corrected chi connectivity index (χ0v) is 17.8. The molecule has 2 aromatic carbocycles. The second-order valence-electron chi connectivity index (χ2n) is 7.42. The Balaban J connectivity index is 1.45. The van der Waals surface area contributed by atoms with Gasteiger partial charge in [-0.25, -0.2) is 4.79 Å². The van der Waals surface area contributed by atoms with E-state index >= 15 is 0 Å². The standard InChI is InChI=1S/C24H20N2O7/c1-13-5-6-16(11-17(13)26-23(29)20-4-3-9-31-20)24(30)33-14(2)22(28)15-7-8-19-18(10-15)25-21(27)12-32-19/h3-11,14H,12H2,1-2H3,(H,25,27)(H,26,29)/t14-/m0/s1. The number of amides is 2. The number of hydrogen-bond donors (Lipinski definition) is 2. The SMILES string of the molecule is Cc1ccc(C(=O)O[C@@H](C)C(=O)c2ccc3c(c2)NC(=O)CO3)cc1NC(=O)c1ccco1. The van der Waals surface area contributed by atoms with Crippen LogP contribution in [0.15, 0.2) is 59.2 Å². The minimum absolute atomic E-state index is 0.0885. The average Bonchev–Trinajstić information content (AvgIpc) is 3.34. The van der Waals surface area contributed by atoms with Crippen LogP contribution in [0.5, 0.6) is 5.75 Å². The molecular formula is C24H20N2O7. The summed E-state index contributed by atoms with van der Waals surface area (Å²) in [7, 11) is 0. The maximum Gasteiger partial charge on any atom is 0.338 e. The molecule has 0 fully saturated rings. The Hall–Kier alpha value is -4.40. The fraction of sp³-hybridized carbons (Fsp3) is 0.167. The van der Waals surface area contributed by atoms with Crippen molar-refractivity contribution < 1.29 is 33.1 Å². The largest absolute Gasteiger partial charge is 0.482 e. The summed E-state index contributed by atoms with van der Waals surface area (Å²) in [4.78, 5) is 49.2. The van der Waals surface area contributed by atoms with Crippen LogP contribution in [0.3, 0.4) is 0 Å². The lowest BCUT2D eigenvalue weighted by Crippen LogP contribution is -2.27. The highest BCUT2D eigenvalue weighted by Crippen LogP contribution is 2.29. The molecule has 1 aliphatic rings. The van der Waals surface area contributed by atoms with E-state index in [4.69, 9.17) is 13.9 Å². The molecule has 2 heterocycles. The first-order valence-electron chi connectivity index (χ1n) is 10.1. The summed E-state index contributed by atoms with van der Waals surface area (Å²) < 4.78 is 15.7. The Morgan fingerprint density at radius 1 is 1.09 bits per heavy atom. The van der Waals surface area contributed by atoms with Gasteiger partial charge in [0.05, 0.1) is 17.5 Å². The number of anilines is 2. The molecule has 0 unspecified atom stereocenters. The van der Waals surface area contributed by atoms with E-state index < -0.39 is 23.8 Å². The summed E-state index contributed by atoms with van der Waals surface area (Å²) in [5, 5.41) is 5.32. The fourth-order valence-electron chi connectivity index (χ4n) is 3.23. The van der Waals surface area contributed by atoms with Crippen molar-refractivity contribution in [1.82, 2.24) is 0 Å². The molecule has 9 nitrogen and oxygen atoms in total. The van der Waals surface area contributed by atoms with E-state index in [-0.39, 0.29) is 29.4 Å². The molecule has 168 valence electrons. The number of nitrogens with one attached hydrogen (secondary N) is 2. The highest BCUT2D eigenvalue weighted by atomic mass is 16.5. The van der Waals surface area contributed by atoms with Gasteiger partial charge in [0.15, 0.2) is 18.5 Å². The third-order valence-electron chi connectivity index (χ3n) is 5.02. The van der Waals surface area contributed by atoms with Gasteiger partial charge in [-0.1, -0.05) is 6.07 Å². The average molecular weight is 448 g/mol. The van der Waals surface area contributed by atoms with Crippen LogP contribution < -0.4 is 15.4 Å². The van der Waals surface area contributed by atoms with Crippen molar-refractivity contribution in [3.8, 4) is 5.75 Å². The number of carbonyl (C=O) groups is 4. The number of benzene rings is 2. The molecule has 0 spiro atoms. The first kappa shape index (κ1) is 21.8. The molecule has 33 heavy (non-hydrogen) atoms. The second-order valence-corrected chi connectivity index (χ2v) is 7.42. The number of hydrogen-bond acceptors (Lipinski definition) is 7. The van der Waals surface area contributed by atoms with Crippen molar-refractivity contribution in [2.45, 2.75) is 20.0 Å².